The van der Waals surface area contributed by atoms with Crippen LogP contribution in [0.3, 0.4) is 0 Å². The molecule has 0 aromatic heterocycles. The molecule has 3 aromatic carbocycles. The van der Waals surface area contributed by atoms with Gasteiger partial charge in [0.25, 0.3) is 0 Å². The summed E-state index contributed by atoms with van der Waals surface area (Å²) >= 11 is 0. The molecule has 30 heavy (non-hydrogen) atoms. The fraction of sp³-hybridized carbons (Fsp3) is 0.296. The molecule has 5 rings (SSSR count). The minimum absolute atomic E-state index is 0.0841. The summed E-state index contributed by atoms with van der Waals surface area (Å²) in [6.07, 6.45) is 6.27. The first-order valence-electron chi connectivity index (χ1n) is 10.9. The van der Waals surface area contributed by atoms with Gasteiger partial charge in [0.05, 0.1) is 6.04 Å². The quantitative estimate of drug-likeness (QED) is 0.485. The largest absolute Gasteiger partial charge is 0.378 e. The lowest BCUT2D eigenvalue weighted by Gasteiger charge is -2.38. The molecule has 3 heteroatoms. The lowest BCUT2D eigenvalue weighted by atomic mass is 9.76. The van der Waals surface area contributed by atoms with Crippen LogP contribution in [0.1, 0.15) is 49.8 Å². The number of carbonyl (C=O) groups is 1. The Morgan fingerprint density at radius 1 is 1.07 bits per heavy atom. The van der Waals surface area contributed by atoms with Crippen molar-refractivity contribution < 1.29 is 4.79 Å². The summed E-state index contributed by atoms with van der Waals surface area (Å²) in [4.78, 5) is 12.2. The van der Waals surface area contributed by atoms with Crippen LogP contribution in [0.25, 0.3) is 10.8 Å². The lowest BCUT2D eigenvalue weighted by Crippen LogP contribution is -2.29. The molecule has 1 aliphatic heterocycles. The van der Waals surface area contributed by atoms with Crippen LogP contribution in [0.15, 0.2) is 72.8 Å². The van der Waals surface area contributed by atoms with E-state index in [9.17, 15) is 4.79 Å². The summed E-state index contributed by atoms with van der Waals surface area (Å²) in [6.45, 7) is 4.13. The van der Waals surface area contributed by atoms with Crippen LogP contribution in [0.5, 0.6) is 0 Å². The third kappa shape index (κ3) is 3.39. The van der Waals surface area contributed by atoms with E-state index in [1.54, 1.807) is 0 Å². The third-order valence-electron chi connectivity index (χ3n) is 6.40. The fourth-order valence-corrected chi connectivity index (χ4v) is 5.08. The van der Waals surface area contributed by atoms with Gasteiger partial charge in [-0.05, 0) is 58.4 Å². The van der Waals surface area contributed by atoms with Gasteiger partial charge in [-0.25, -0.2) is 0 Å². The van der Waals surface area contributed by atoms with Gasteiger partial charge in [-0.1, -0.05) is 68.5 Å². The van der Waals surface area contributed by atoms with Crippen molar-refractivity contribution >= 4 is 28.1 Å². The van der Waals surface area contributed by atoms with Gasteiger partial charge in [-0.15, -0.1) is 0 Å². The second kappa shape index (κ2) is 7.64. The van der Waals surface area contributed by atoms with Gasteiger partial charge in [0, 0.05) is 23.7 Å². The van der Waals surface area contributed by atoms with Crippen molar-refractivity contribution in [2.45, 2.75) is 38.6 Å². The van der Waals surface area contributed by atoms with Crippen LogP contribution in [-0.4, -0.2) is 5.91 Å². The zero-order chi connectivity index (χ0) is 20.7. The predicted molar refractivity (Wildman–Crippen MR) is 125 cm³/mol. The van der Waals surface area contributed by atoms with E-state index in [-0.39, 0.29) is 11.9 Å². The molecule has 3 atom stereocenters. The van der Waals surface area contributed by atoms with Crippen LogP contribution in [0, 0.1) is 11.8 Å². The van der Waals surface area contributed by atoms with Crippen LogP contribution in [-0.2, 0) is 4.79 Å². The number of amides is 1. The summed E-state index contributed by atoms with van der Waals surface area (Å²) in [6, 6.07) is 21.8. The number of anilines is 2. The predicted octanol–water partition coefficient (Wildman–Crippen LogP) is 6.65. The molecule has 2 aliphatic rings. The molecular formula is C27H28N2O. The monoisotopic (exact) mass is 396 g/mol. The average molecular weight is 397 g/mol. The Morgan fingerprint density at radius 3 is 2.77 bits per heavy atom. The number of hydrogen-bond acceptors (Lipinski definition) is 2. The molecule has 0 saturated carbocycles. The van der Waals surface area contributed by atoms with Gasteiger partial charge >= 0.3 is 0 Å². The lowest BCUT2D eigenvalue weighted by molar-refractivity contribution is -0.116. The Kier molecular flexibility index (Phi) is 4.82. The Balaban J connectivity index is 1.50. The molecule has 3 nitrogen and oxygen atoms in total. The van der Waals surface area contributed by atoms with Gasteiger partial charge < -0.3 is 10.6 Å². The van der Waals surface area contributed by atoms with E-state index >= 15 is 0 Å². The molecule has 0 bridgehead atoms. The van der Waals surface area contributed by atoms with E-state index in [4.69, 9.17) is 0 Å². The summed E-state index contributed by atoms with van der Waals surface area (Å²) < 4.78 is 0. The summed E-state index contributed by atoms with van der Waals surface area (Å²) in [5, 5.41) is 9.53. The van der Waals surface area contributed by atoms with Crippen molar-refractivity contribution in [1.29, 1.82) is 0 Å². The van der Waals surface area contributed by atoms with Crippen molar-refractivity contribution in [3.05, 3.63) is 83.9 Å². The van der Waals surface area contributed by atoms with Gasteiger partial charge in [0.15, 0.2) is 0 Å². The van der Waals surface area contributed by atoms with Crippen molar-refractivity contribution in [3.63, 3.8) is 0 Å². The molecule has 0 radical (unpaired) electrons. The second-order valence-electron chi connectivity index (χ2n) is 8.99. The van der Waals surface area contributed by atoms with Crippen molar-refractivity contribution in [3.8, 4) is 0 Å². The molecule has 1 amide bonds. The highest BCUT2D eigenvalue weighted by Crippen LogP contribution is 2.51. The van der Waals surface area contributed by atoms with Gasteiger partial charge in [0.1, 0.15) is 0 Å². The first kappa shape index (κ1) is 18.9. The maximum atomic E-state index is 12.2. The molecule has 152 valence electrons. The molecule has 1 heterocycles. The third-order valence-corrected chi connectivity index (χ3v) is 6.40. The number of benzene rings is 3. The van der Waals surface area contributed by atoms with Crippen LogP contribution >= 0.6 is 0 Å². The van der Waals surface area contributed by atoms with Crippen LogP contribution < -0.4 is 10.6 Å². The number of nitrogens with one attached hydrogen (secondary N) is 2. The minimum Gasteiger partial charge on any atom is -0.378 e. The van der Waals surface area contributed by atoms with Gasteiger partial charge in [-0.2, -0.15) is 0 Å². The minimum atomic E-state index is 0.0841. The highest BCUT2D eigenvalue weighted by atomic mass is 16.1. The Bertz CT molecular complexity index is 1130. The summed E-state index contributed by atoms with van der Waals surface area (Å²) in [5.41, 5.74) is 4.71. The van der Waals surface area contributed by atoms with Crippen LogP contribution in [0.4, 0.5) is 11.4 Å². The summed E-state index contributed by atoms with van der Waals surface area (Å²) in [7, 11) is 0. The molecule has 3 aromatic rings. The van der Waals surface area contributed by atoms with E-state index in [1.807, 2.05) is 6.07 Å². The van der Waals surface area contributed by atoms with E-state index in [0.29, 0.717) is 24.2 Å². The first-order chi connectivity index (χ1) is 14.6. The molecule has 0 saturated heterocycles. The Labute approximate surface area is 178 Å². The number of carbonyl (C=O) groups excluding carboxylic acids is 1. The number of hydrogen-bond donors (Lipinski definition) is 2. The van der Waals surface area contributed by atoms with Crippen LogP contribution in [0.2, 0.25) is 0 Å². The Hall–Kier alpha value is -3.07. The van der Waals surface area contributed by atoms with Gasteiger partial charge in [-0.3, -0.25) is 4.79 Å². The van der Waals surface area contributed by atoms with E-state index < -0.39 is 0 Å². The standard InChI is InChI=1S/C27H28N2O/c1-17(2)15-26(30)28-19-13-14-25-24(16-19)21-10-6-12-23(21)27(29-25)22-11-5-8-18-7-3-4-9-20(18)22/h3-11,13-14,16-17,21,23,27,29H,12,15H2,1-2H3,(H,28,30). The van der Waals surface area contributed by atoms with Crippen molar-refractivity contribution in [2.75, 3.05) is 10.6 Å². The second-order valence-corrected chi connectivity index (χ2v) is 8.99. The van der Waals surface area contributed by atoms with E-state index in [1.165, 1.54) is 27.6 Å². The van der Waals surface area contributed by atoms with Crippen molar-refractivity contribution in [2.24, 2.45) is 11.8 Å². The van der Waals surface area contributed by atoms with Crippen molar-refractivity contribution in [1.82, 2.24) is 0 Å². The zero-order valence-corrected chi connectivity index (χ0v) is 17.6. The van der Waals surface area contributed by atoms with E-state index in [2.05, 4.69) is 91.2 Å². The number of allylic oxidation sites excluding steroid dienone is 2. The zero-order valence-electron chi connectivity index (χ0n) is 17.6. The smallest absolute Gasteiger partial charge is 0.224 e. The number of fused-ring (bicyclic) bond motifs is 4. The molecular weight excluding hydrogens is 368 g/mol. The molecule has 3 unspecified atom stereocenters. The molecule has 0 fully saturated rings. The van der Waals surface area contributed by atoms with E-state index in [0.717, 1.165) is 12.1 Å². The number of rotatable bonds is 4. The fourth-order valence-electron chi connectivity index (χ4n) is 5.08. The molecule has 1 aliphatic carbocycles. The highest BCUT2D eigenvalue weighted by Gasteiger charge is 2.38. The maximum Gasteiger partial charge on any atom is 0.224 e. The average Bonchev–Trinajstić information content (AvgIpc) is 3.22. The maximum absolute atomic E-state index is 12.2. The summed E-state index contributed by atoms with van der Waals surface area (Å²) in [5.74, 6) is 1.28. The SMILES string of the molecule is CC(C)CC(=O)Nc1ccc2c(c1)C1C=CCC1C(c1cccc3ccccc13)N2. The molecule has 0 spiro atoms. The van der Waals surface area contributed by atoms with Gasteiger partial charge in [0.2, 0.25) is 5.91 Å². The Morgan fingerprint density at radius 2 is 1.90 bits per heavy atom. The highest BCUT2D eigenvalue weighted by molar-refractivity contribution is 5.91. The topological polar surface area (TPSA) is 41.1 Å². The molecule has 2 N–H and O–H groups in total. The normalized spacial score (nSPS) is 21.9. The first-order valence-corrected chi connectivity index (χ1v) is 10.9.